The van der Waals surface area contributed by atoms with Crippen molar-refractivity contribution in [2.75, 3.05) is 0 Å². The maximum absolute atomic E-state index is 8.85. The summed E-state index contributed by atoms with van der Waals surface area (Å²) in [6.45, 7) is 1.80. The van der Waals surface area contributed by atoms with Crippen LogP contribution in [0.3, 0.4) is 0 Å². The zero-order valence-electron chi connectivity index (χ0n) is 10.8. The largest absolute Gasteiger partial charge is 0.707 e. The van der Waals surface area contributed by atoms with Gasteiger partial charge in [0.05, 0.1) is 16.4 Å². The highest BCUT2D eigenvalue weighted by Crippen LogP contribution is 2.53. The number of aryl methyl sites for hydroxylation is 1. The van der Waals surface area contributed by atoms with Gasteiger partial charge in [-0.1, -0.05) is 18.0 Å². The molecule has 4 nitrogen and oxygen atoms in total. The van der Waals surface area contributed by atoms with Gasteiger partial charge >= 0.3 is 7.32 Å². The fraction of sp³-hybridized carbons (Fsp3) is 0.615. The summed E-state index contributed by atoms with van der Waals surface area (Å²) in [6.07, 6.45) is 5.10. The molecule has 3 atom stereocenters. The molecule has 2 aliphatic rings. The van der Waals surface area contributed by atoms with Crippen LogP contribution in [0.2, 0.25) is 5.02 Å². The lowest BCUT2D eigenvalue weighted by Crippen LogP contribution is -2.21. The Labute approximate surface area is 117 Å². The van der Waals surface area contributed by atoms with Crippen LogP contribution in [0.25, 0.3) is 0 Å². The molecule has 6 heteroatoms. The van der Waals surface area contributed by atoms with E-state index in [9.17, 15) is 0 Å². The molecule has 0 amide bonds. The van der Waals surface area contributed by atoms with Crippen LogP contribution >= 0.6 is 11.6 Å². The first-order chi connectivity index (χ1) is 9.04. The van der Waals surface area contributed by atoms with Crippen molar-refractivity contribution in [3.05, 3.63) is 22.5 Å². The fourth-order valence-corrected chi connectivity index (χ4v) is 3.94. The van der Waals surface area contributed by atoms with Crippen LogP contribution in [0.15, 0.2) is 6.07 Å². The number of halogens is 1. The van der Waals surface area contributed by atoms with Gasteiger partial charge in [-0.25, -0.2) is 0 Å². The van der Waals surface area contributed by atoms with Crippen molar-refractivity contribution in [1.82, 2.24) is 4.98 Å². The van der Waals surface area contributed by atoms with Crippen LogP contribution < -0.4 is 4.65 Å². The first-order valence-corrected chi connectivity index (χ1v) is 7.12. The molecule has 102 valence electrons. The summed E-state index contributed by atoms with van der Waals surface area (Å²) in [6, 6.07) is 1.64. The van der Waals surface area contributed by atoms with Gasteiger partial charge in [-0.3, -0.25) is 4.98 Å². The predicted octanol–water partition coefficient (Wildman–Crippen LogP) is 2.30. The average molecular weight is 282 g/mol. The average Bonchev–Trinajstić information content (AvgIpc) is 2.94. The molecule has 1 heterocycles. The number of pyridine rings is 1. The van der Waals surface area contributed by atoms with E-state index in [2.05, 4.69) is 4.98 Å². The SMILES string of the molecule is Cc1nc(C2CC3CCC2C3)c(Cl)cc1OB(O)O. The van der Waals surface area contributed by atoms with E-state index in [4.69, 9.17) is 26.3 Å². The topological polar surface area (TPSA) is 62.6 Å². The third-order valence-electron chi connectivity index (χ3n) is 4.47. The summed E-state index contributed by atoms with van der Waals surface area (Å²) in [4.78, 5) is 4.55. The summed E-state index contributed by atoms with van der Waals surface area (Å²) in [5.74, 6) is 2.33. The van der Waals surface area contributed by atoms with E-state index in [0.717, 1.165) is 11.6 Å². The molecule has 0 aromatic carbocycles. The molecule has 2 saturated carbocycles. The van der Waals surface area contributed by atoms with Crippen molar-refractivity contribution in [1.29, 1.82) is 0 Å². The van der Waals surface area contributed by atoms with Crippen LogP contribution in [0.1, 0.15) is 43.0 Å². The molecule has 3 rings (SSSR count). The number of aromatic nitrogens is 1. The molecule has 3 unspecified atom stereocenters. The van der Waals surface area contributed by atoms with Gasteiger partial charge in [-0.15, -0.1) is 0 Å². The minimum absolute atomic E-state index is 0.326. The van der Waals surface area contributed by atoms with Gasteiger partial charge in [-0.2, -0.15) is 0 Å². The highest BCUT2D eigenvalue weighted by atomic mass is 35.5. The molecular weight excluding hydrogens is 264 g/mol. The zero-order chi connectivity index (χ0) is 13.6. The van der Waals surface area contributed by atoms with E-state index < -0.39 is 7.32 Å². The Balaban J connectivity index is 1.88. The normalized spacial score (nSPS) is 28.7. The van der Waals surface area contributed by atoms with Gasteiger partial charge in [0, 0.05) is 12.0 Å². The van der Waals surface area contributed by atoms with Gasteiger partial charge in [0.15, 0.2) is 0 Å². The maximum atomic E-state index is 8.85. The number of nitrogens with zero attached hydrogens (tertiary/aromatic N) is 1. The molecule has 2 bridgehead atoms. The number of hydrogen-bond acceptors (Lipinski definition) is 4. The Morgan fingerprint density at radius 1 is 1.37 bits per heavy atom. The third-order valence-corrected chi connectivity index (χ3v) is 4.77. The van der Waals surface area contributed by atoms with Crippen molar-refractivity contribution in [3.63, 3.8) is 0 Å². The van der Waals surface area contributed by atoms with Crippen molar-refractivity contribution in [3.8, 4) is 5.75 Å². The zero-order valence-corrected chi connectivity index (χ0v) is 11.6. The molecule has 0 radical (unpaired) electrons. The predicted molar refractivity (Wildman–Crippen MR) is 73.0 cm³/mol. The molecular formula is C13H17BClNO3. The minimum Gasteiger partial charge on any atom is -0.510 e. The lowest BCUT2D eigenvalue weighted by Gasteiger charge is -2.23. The van der Waals surface area contributed by atoms with Crippen molar-refractivity contribution in [2.24, 2.45) is 11.8 Å². The van der Waals surface area contributed by atoms with Gasteiger partial charge in [0.1, 0.15) is 5.75 Å². The summed E-state index contributed by atoms with van der Waals surface area (Å²) in [5.41, 5.74) is 1.60. The summed E-state index contributed by atoms with van der Waals surface area (Å²) in [5, 5.41) is 18.3. The molecule has 2 fully saturated rings. The second-order valence-electron chi connectivity index (χ2n) is 5.66. The van der Waals surface area contributed by atoms with Crippen LogP contribution in [-0.2, 0) is 0 Å². The Morgan fingerprint density at radius 2 is 2.16 bits per heavy atom. The van der Waals surface area contributed by atoms with Gasteiger partial charge < -0.3 is 14.7 Å². The Kier molecular flexibility index (Phi) is 3.45. The molecule has 0 spiro atoms. The number of hydrogen-bond donors (Lipinski definition) is 2. The van der Waals surface area contributed by atoms with E-state index in [1.165, 1.54) is 25.7 Å². The van der Waals surface area contributed by atoms with Crippen LogP contribution in [0.4, 0.5) is 0 Å². The standard InChI is InChI=1S/C13H17BClNO3/c1-7-12(19-14(17)18)6-11(15)13(16-7)10-5-8-2-3-9(10)4-8/h6,8-10,17-18H,2-5H2,1H3. The summed E-state index contributed by atoms with van der Waals surface area (Å²) < 4.78 is 4.87. The first kappa shape index (κ1) is 13.2. The summed E-state index contributed by atoms with van der Waals surface area (Å²) >= 11 is 6.30. The highest BCUT2D eigenvalue weighted by Gasteiger charge is 2.41. The van der Waals surface area contributed by atoms with Gasteiger partial charge in [-0.05, 0) is 38.0 Å². The Bertz CT molecular complexity index is 497. The first-order valence-electron chi connectivity index (χ1n) is 6.74. The van der Waals surface area contributed by atoms with Gasteiger partial charge in [0.2, 0.25) is 0 Å². The smallest absolute Gasteiger partial charge is 0.510 e. The van der Waals surface area contributed by atoms with E-state index in [1.807, 2.05) is 0 Å². The van der Waals surface area contributed by atoms with E-state index >= 15 is 0 Å². The second kappa shape index (κ2) is 4.96. The molecule has 2 N–H and O–H groups in total. The van der Waals surface area contributed by atoms with Crippen LogP contribution in [0.5, 0.6) is 5.75 Å². The molecule has 1 aromatic heterocycles. The lowest BCUT2D eigenvalue weighted by molar-refractivity contribution is 0.286. The molecule has 0 saturated heterocycles. The number of rotatable bonds is 3. The highest BCUT2D eigenvalue weighted by molar-refractivity contribution is 6.34. The van der Waals surface area contributed by atoms with E-state index in [-0.39, 0.29) is 0 Å². The maximum Gasteiger partial charge on any atom is 0.707 e. The molecule has 1 aromatic rings. The third kappa shape index (κ3) is 2.47. The van der Waals surface area contributed by atoms with Crippen LogP contribution in [-0.4, -0.2) is 22.4 Å². The van der Waals surface area contributed by atoms with Crippen molar-refractivity contribution >= 4 is 18.9 Å². The lowest BCUT2D eigenvalue weighted by atomic mass is 9.86. The molecule has 2 aliphatic carbocycles. The molecule has 0 aliphatic heterocycles. The van der Waals surface area contributed by atoms with E-state index in [1.54, 1.807) is 13.0 Å². The number of fused-ring (bicyclic) bond motifs is 2. The molecule has 19 heavy (non-hydrogen) atoms. The minimum atomic E-state index is -1.84. The van der Waals surface area contributed by atoms with Crippen LogP contribution in [0, 0.1) is 18.8 Å². The Morgan fingerprint density at radius 3 is 2.74 bits per heavy atom. The Hall–Kier alpha value is -0.775. The van der Waals surface area contributed by atoms with E-state index in [0.29, 0.717) is 28.3 Å². The van der Waals surface area contributed by atoms with Crippen molar-refractivity contribution in [2.45, 2.75) is 38.5 Å². The second-order valence-corrected chi connectivity index (χ2v) is 6.07. The van der Waals surface area contributed by atoms with Crippen molar-refractivity contribution < 1.29 is 14.7 Å². The fourth-order valence-electron chi connectivity index (χ4n) is 3.66. The summed E-state index contributed by atoms with van der Waals surface area (Å²) in [7, 11) is -1.84. The monoisotopic (exact) mass is 281 g/mol. The quantitative estimate of drug-likeness (QED) is 0.835. The van der Waals surface area contributed by atoms with Gasteiger partial charge in [0.25, 0.3) is 0 Å².